The molecular formula is C33H56N8O14. The topological polar surface area (TPSA) is 333 Å². The first-order valence-electron chi connectivity index (χ1n) is 17.6. The first kappa shape index (κ1) is 47.9. The van der Waals surface area contributed by atoms with Crippen LogP contribution in [0.5, 0.6) is 0 Å². The largest absolute Gasteiger partial charge is 0.467 e. The number of carbonyl (C=O) groups excluding carboxylic acids is 8. The summed E-state index contributed by atoms with van der Waals surface area (Å²) in [4.78, 5) is 102. The van der Waals surface area contributed by atoms with Crippen molar-refractivity contribution in [2.24, 2.45) is 17.2 Å². The zero-order valence-electron chi connectivity index (χ0n) is 32.2. The summed E-state index contributed by atoms with van der Waals surface area (Å²) in [6.07, 6.45) is -6.89. The smallest absolute Gasteiger partial charge is 0.328 e. The third-order valence-electron chi connectivity index (χ3n) is 8.12. The van der Waals surface area contributed by atoms with E-state index in [2.05, 4.69) is 16.0 Å². The number of nitrogens with zero attached hydrogens (tertiary/aromatic N) is 1. The Balaban J connectivity index is 3.66. The highest BCUT2D eigenvalue weighted by Gasteiger charge is 2.51. The Morgan fingerprint density at radius 3 is 2.07 bits per heavy atom. The number of guanidine groups is 1. The number of carbonyl (C=O) groups is 8. The second-order valence-corrected chi connectivity index (χ2v) is 12.8. The molecule has 0 bridgehead atoms. The molecule has 0 spiro atoms. The van der Waals surface area contributed by atoms with Gasteiger partial charge in [-0.3, -0.25) is 39.0 Å². The predicted molar refractivity (Wildman–Crippen MR) is 190 cm³/mol. The fraction of sp³-hybridized carbons (Fsp3) is 0.727. The minimum atomic E-state index is -1.54. The van der Waals surface area contributed by atoms with Crippen molar-refractivity contribution in [1.82, 2.24) is 20.9 Å². The van der Waals surface area contributed by atoms with Gasteiger partial charge in [-0.05, 0) is 32.6 Å². The van der Waals surface area contributed by atoms with Crippen molar-refractivity contribution in [3.63, 3.8) is 0 Å². The van der Waals surface area contributed by atoms with Gasteiger partial charge in [-0.2, -0.15) is 0 Å². The van der Waals surface area contributed by atoms with Crippen molar-refractivity contribution in [1.29, 1.82) is 5.41 Å². The van der Waals surface area contributed by atoms with E-state index in [4.69, 9.17) is 51.0 Å². The number of ether oxygens (including phenoxy) is 6. The fourth-order valence-electron chi connectivity index (χ4n) is 5.59. The van der Waals surface area contributed by atoms with Crippen molar-refractivity contribution in [2.75, 3.05) is 26.8 Å². The lowest BCUT2D eigenvalue weighted by atomic mass is 9.95. The van der Waals surface area contributed by atoms with Gasteiger partial charge in [0.2, 0.25) is 29.9 Å². The number of hydrogen-bond donors (Lipinski definition) is 7. The van der Waals surface area contributed by atoms with Crippen LogP contribution in [0, 0.1) is 5.41 Å². The van der Waals surface area contributed by atoms with Gasteiger partial charge < -0.3 is 66.5 Å². The molecule has 1 heterocycles. The van der Waals surface area contributed by atoms with E-state index >= 15 is 0 Å². The third kappa shape index (κ3) is 16.9. The highest BCUT2D eigenvalue weighted by atomic mass is 16.7. The second-order valence-electron chi connectivity index (χ2n) is 12.8. The van der Waals surface area contributed by atoms with Crippen LogP contribution in [-0.2, 0) is 66.8 Å². The average molecular weight is 789 g/mol. The summed E-state index contributed by atoms with van der Waals surface area (Å²) in [7, 11) is 1.11. The number of nitrogens with one attached hydrogen (secondary N) is 4. The second kappa shape index (κ2) is 23.6. The molecule has 55 heavy (non-hydrogen) atoms. The Kier molecular flexibility index (Phi) is 20.6. The average Bonchev–Trinajstić information content (AvgIpc) is 3.09. The molecule has 312 valence electrons. The standard InChI is InChI=1S/C33H56N8O14/c1-8-21(34)30(48)40-22(29(35)47)11-12-25(46)41(23(31(49)50-7)10-9-13-38-33(36)37)14-16(2)52-28-26(39-17(3)42)32(54-20(6)45)55-24(15-51-18(4)43)27(28)53-19(5)44/h16,21-24,26-28,32H,8-15,34H2,1-7H3,(H2,35,47)(H,39,42)(H,40,48)(H4,36,37,38)/t16?,21?,22-,23+,24-,26-,27-,28-,32+/m1/s1. The Morgan fingerprint density at radius 2 is 1.56 bits per heavy atom. The number of hydrogen-bond acceptors (Lipinski definition) is 16. The molecule has 0 aromatic carbocycles. The van der Waals surface area contributed by atoms with Gasteiger partial charge in [-0.25, -0.2) is 4.79 Å². The van der Waals surface area contributed by atoms with Gasteiger partial charge in [0.05, 0.1) is 19.3 Å². The van der Waals surface area contributed by atoms with Crippen LogP contribution in [-0.4, -0.2) is 140 Å². The lowest BCUT2D eigenvalue weighted by Gasteiger charge is -2.46. The van der Waals surface area contributed by atoms with Crippen LogP contribution in [0.2, 0.25) is 0 Å². The molecule has 4 amide bonds. The SMILES string of the molecule is CCC(N)C(=O)N[C@H](CCC(=O)N(CC(C)O[C@@H]1[C@@H](NC(C)=O)[C@@H](OC(C)=O)O[C@H](COC(C)=O)[C@H]1OC(C)=O)[C@@H](CCCNC(=N)N)C(=O)OC)C(N)=O. The van der Waals surface area contributed by atoms with Crippen LogP contribution in [0.25, 0.3) is 0 Å². The van der Waals surface area contributed by atoms with Crippen LogP contribution in [0.15, 0.2) is 0 Å². The maximum absolute atomic E-state index is 14.0. The van der Waals surface area contributed by atoms with E-state index in [9.17, 15) is 38.4 Å². The van der Waals surface area contributed by atoms with Crippen molar-refractivity contribution >= 4 is 53.5 Å². The molecule has 1 fully saturated rings. The van der Waals surface area contributed by atoms with Gasteiger partial charge in [0, 0.05) is 47.2 Å². The zero-order chi connectivity index (χ0) is 42.0. The number of esters is 4. The first-order chi connectivity index (χ1) is 25.7. The maximum Gasteiger partial charge on any atom is 0.328 e. The van der Waals surface area contributed by atoms with Crippen molar-refractivity contribution < 1.29 is 66.8 Å². The van der Waals surface area contributed by atoms with Crippen LogP contribution < -0.4 is 33.2 Å². The van der Waals surface area contributed by atoms with Crippen molar-refractivity contribution in [2.45, 2.75) is 129 Å². The van der Waals surface area contributed by atoms with Gasteiger partial charge in [-0.15, -0.1) is 0 Å². The van der Waals surface area contributed by atoms with Crippen LogP contribution >= 0.6 is 0 Å². The Labute approximate surface area is 318 Å². The van der Waals surface area contributed by atoms with E-state index in [1.807, 2.05) is 0 Å². The van der Waals surface area contributed by atoms with Gasteiger partial charge in [-0.1, -0.05) is 6.92 Å². The number of rotatable bonds is 22. The molecule has 1 aliphatic heterocycles. The van der Waals surface area contributed by atoms with Gasteiger partial charge in [0.25, 0.3) is 0 Å². The summed E-state index contributed by atoms with van der Waals surface area (Å²) in [5.41, 5.74) is 16.7. The Bertz CT molecular complexity index is 1380. The highest BCUT2D eigenvalue weighted by molar-refractivity contribution is 5.90. The number of methoxy groups -OCH3 is 1. The monoisotopic (exact) mass is 788 g/mol. The van der Waals surface area contributed by atoms with Crippen molar-refractivity contribution in [3.05, 3.63) is 0 Å². The minimum Gasteiger partial charge on any atom is -0.467 e. The Hall–Kier alpha value is -5.09. The van der Waals surface area contributed by atoms with Crippen LogP contribution in [0.4, 0.5) is 0 Å². The lowest BCUT2D eigenvalue weighted by molar-refractivity contribution is -0.279. The molecule has 22 heteroatoms. The summed E-state index contributed by atoms with van der Waals surface area (Å²) >= 11 is 0. The van der Waals surface area contributed by atoms with E-state index in [1.165, 1.54) is 6.92 Å². The summed E-state index contributed by atoms with van der Waals surface area (Å²) in [5.74, 6) is -6.39. The molecule has 0 aromatic rings. The molecule has 0 saturated carbocycles. The molecule has 0 aliphatic carbocycles. The lowest BCUT2D eigenvalue weighted by Crippen LogP contribution is -2.67. The van der Waals surface area contributed by atoms with E-state index in [0.717, 1.165) is 39.7 Å². The Morgan fingerprint density at radius 1 is 0.927 bits per heavy atom. The van der Waals surface area contributed by atoms with Crippen LogP contribution in [0.1, 0.15) is 73.6 Å². The molecular weight excluding hydrogens is 732 g/mol. The molecule has 10 N–H and O–H groups in total. The number of amides is 4. The van der Waals surface area contributed by atoms with E-state index < -0.39 is 115 Å². The maximum atomic E-state index is 14.0. The molecule has 9 atom stereocenters. The molecule has 2 unspecified atom stereocenters. The molecule has 1 saturated heterocycles. The summed E-state index contributed by atoms with van der Waals surface area (Å²) < 4.78 is 33.3. The van der Waals surface area contributed by atoms with E-state index in [1.54, 1.807) is 6.92 Å². The van der Waals surface area contributed by atoms with E-state index in [0.29, 0.717) is 0 Å². The first-order valence-corrected chi connectivity index (χ1v) is 17.6. The van der Waals surface area contributed by atoms with Crippen molar-refractivity contribution in [3.8, 4) is 0 Å². The molecule has 1 aliphatic rings. The predicted octanol–water partition coefficient (Wildman–Crippen LogP) is -2.83. The molecule has 0 radical (unpaired) electrons. The van der Waals surface area contributed by atoms with E-state index in [-0.39, 0.29) is 44.7 Å². The zero-order valence-corrected chi connectivity index (χ0v) is 32.2. The third-order valence-corrected chi connectivity index (χ3v) is 8.12. The summed E-state index contributed by atoms with van der Waals surface area (Å²) in [6, 6.07) is -4.81. The summed E-state index contributed by atoms with van der Waals surface area (Å²) in [5, 5.41) is 15.0. The number of nitrogens with two attached hydrogens (primary N) is 3. The normalized spacial score (nSPS) is 21.3. The molecule has 0 aromatic heterocycles. The number of primary amides is 1. The molecule has 22 nitrogen and oxygen atoms in total. The molecule has 1 rings (SSSR count). The van der Waals surface area contributed by atoms with Crippen LogP contribution in [0.3, 0.4) is 0 Å². The van der Waals surface area contributed by atoms with Gasteiger partial charge >= 0.3 is 23.9 Å². The quantitative estimate of drug-likeness (QED) is 0.0191. The summed E-state index contributed by atoms with van der Waals surface area (Å²) in [6.45, 7) is 6.92. The van der Waals surface area contributed by atoms with Gasteiger partial charge in [0.1, 0.15) is 36.9 Å². The van der Waals surface area contributed by atoms with Gasteiger partial charge in [0.15, 0.2) is 12.1 Å². The minimum absolute atomic E-state index is 0.00636. The highest BCUT2D eigenvalue weighted by Crippen LogP contribution is 2.29. The fourth-order valence-corrected chi connectivity index (χ4v) is 5.59.